The van der Waals surface area contributed by atoms with Crippen LogP contribution in [0.1, 0.15) is 61.7 Å². The maximum absolute atomic E-state index is 12.7. The third-order valence-corrected chi connectivity index (χ3v) is 13.2. The molecule has 9 heteroatoms. The Morgan fingerprint density at radius 1 is 0.571 bits per heavy atom. The van der Waals surface area contributed by atoms with E-state index in [0.29, 0.717) is 42.3 Å². The van der Waals surface area contributed by atoms with Crippen molar-refractivity contribution in [3.05, 3.63) is 109 Å². The smallest absolute Gasteiger partial charge is 0.251 e. The first-order valence-electron chi connectivity index (χ1n) is 16.9. The molecule has 0 fully saturated rings. The first kappa shape index (κ1) is 39.6. The van der Waals surface area contributed by atoms with Crippen LogP contribution in [0, 0.1) is 0 Å². The topological polar surface area (TPSA) is 85.9 Å². The molecule has 262 valence electrons. The van der Waals surface area contributed by atoms with Crippen molar-refractivity contribution in [3.63, 3.8) is 0 Å². The normalized spacial score (nSPS) is 10.8. The third-order valence-electron chi connectivity index (χ3n) is 8.63. The van der Waals surface area contributed by atoms with E-state index in [4.69, 9.17) is 14.2 Å². The molecule has 2 N–H and O–H groups in total. The van der Waals surface area contributed by atoms with Gasteiger partial charge in [0.25, 0.3) is 5.91 Å². The summed E-state index contributed by atoms with van der Waals surface area (Å²) in [6.45, 7) is 1.26. The van der Waals surface area contributed by atoms with E-state index >= 15 is 0 Å². The van der Waals surface area contributed by atoms with Crippen LogP contribution in [0.4, 0.5) is 0 Å². The summed E-state index contributed by atoms with van der Waals surface area (Å²) in [6, 6.07) is 36.2. The lowest BCUT2D eigenvalue weighted by atomic mass is 10.1. The number of benzene rings is 4. The van der Waals surface area contributed by atoms with Gasteiger partial charge in [-0.05, 0) is 80.6 Å². The van der Waals surface area contributed by atoms with Crippen LogP contribution in [-0.4, -0.2) is 52.4 Å². The van der Waals surface area contributed by atoms with Crippen LogP contribution < -0.4 is 57.7 Å². The van der Waals surface area contributed by atoms with E-state index in [1.807, 2.05) is 0 Å². The van der Waals surface area contributed by atoms with Gasteiger partial charge in [0.05, 0.1) is 27.5 Å². The van der Waals surface area contributed by atoms with Crippen molar-refractivity contribution in [1.82, 2.24) is 10.6 Å². The number of hydrogen-bond donors (Lipinski definition) is 2. The standard InChI is InChI=1S/C40H49N2O5P.BrH/c1-45-36-30-32(31-37(46-2)39(36)47-3)40(44)42-28-18-5-4-17-27-41-38(43)26-16-9-19-29-48(33-20-10-6-11-21-33,34-22-12-7-13-23-34)35-24-14-8-15-25-35;/h6-8,10-15,20-25,30-31H,4-5,9,16-19,26-29H2,1-3H3,(H-,41,42,43,44);1H. The summed E-state index contributed by atoms with van der Waals surface area (Å²) in [5, 5.41) is 10.3. The van der Waals surface area contributed by atoms with Crippen LogP contribution >= 0.6 is 7.26 Å². The summed E-state index contributed by atoms with van der Waals surface area (Å²) in [4.78, 5) is 25.2. The summed E-state index contributed by atoms with van der Waals surface area (Å²) in [5.41, 5.74) is 0.455. The molecule has 0 atom stereocenters. The Hall–Kier alpha value is -3.87. The molecule has 0 aromatic heterocycles. The van der Waals surface area contributed by atoms with E-state index in [1.54, 1.807) is 12.1 Å². The van der Waals surface area contributed by atoms with Crippen molar-refractivity contribution in [1.29, 1.82) is 0 Å². The van der Waals surface area contributed by atoms with Crippen LogP contribution in [0.25, 0.3) is 0 Å². The Bertz CT molecular complexity index is 1440. The van der Waals surface area contributed by atoms with E-state index in [0.717, 1.165) is 51.1 Å². The number of methoxy groups -OCH3 is 3. The summed E-state index contributed by atoms with van der Waals surface area (Å²) in [6.07, 6.45) is 8.35. The minimum Gasteiger partial charge on any atom is -1.00 e. The van der Waals surface area contributed by atoms with Crippen LogP contribution in [-0.2, 0) is 4.79 Å². The molecule has 0 bridgehead atoms. The highest BCUT2D eigenvalue weighted by Crippen LogP contribution is 2.56. The second kappa shape index (κ2) is 21.3. The van der Waals surface area contributed by atoms with Gasteiger partial charge in [0, 0.05) is 25.1 Å². The number of hydrogen-bond acceptors (Lipinski definition) is 5. The minimum absolute atomic E-state index is 0. The lowest BCUT2D eigenvalue weighted by Crippen LogP contribution is -3.00. The molecule has 49 heavy (non-hydrogen) atoms. The molecule has 0 aliphatic carbocycles. The minimum atomic E-state index is -1.82. The van der Waals surface area contributed by atoms with Crippen LogP contribution in [0.15, 0.2) is 103 Å². The first-order valence-corrected chi connectivity index (χ1v) is 18.9. The van der Waals surface area contributed by atoms with Gasteiger partial charge in [-0.3, -0.25) is 9.59 Å². The fourth-order valence-corrected chi connectivity index (χ4v) is 10.5. The molecular weight excluding hydrogens is 699 g/mol. The van der Waals surface area contributed by atoms with Crippen LogP contribution in [0.3, 0.4) is 0 Å². The molecule has 4 rings (SSSR count). The molecule has 0 aliphatic rings. The quantitative estimate of drug-likeness (QED) is 0.107. The largest absolute Gasteiger partial charge is 1.00 e. The molecule has 0 aliphatic heterocycles. The van der Waals surface area contributed by atoms with Crippen LogP contribution in [0.5, 0.6) is 17.2 Å². The summed E-state index contributed by atoms with van der Waals surface area (Å²) in [5.74, 6) is 1.29. The van der Waals surface area contributed by atoms with E-state index in [1.165, 1.54) is 37.2 Å². The van der Waals surface area contributed by atoms with E-state index < -0.39 is 7.26 Å². The van der Waals surface area contributed by atoms with E-state index in [9.17, 15) is 9.59 Å². The number of amides is 2. The summed E-state index contributed by atoms with van der Waals surface area (Å²) in [7, 11) is 2.76. The fraction of sp³-hybridized carbons (Fsp3) is 0.350. The molecule has 0 saturated heterocycles. The molecule has 7 nitrogen and oxygen atoms in total. The Balaban J connectivity index is 0.00000650. The van der Waals surface area contributed by atoms with E-state index in [2.05, 4.69) is 102 Å². The maximum Gasteiger partial charge on any atom is 0.251 e. The van der Waals surface area contributed by atoms with Crippen molar-refractivity contribution in [2.75, 3.05) is 40.6 Å². The number of nitrogens with one attached hydrogen (secondary N) is 2. The van der Waals surface area contributed by atoms with Gasteiger partial charge in [-0.1, -0.05) is 67.4 Å². The van der Waals surface area contributed by atoms with Crippen molar-refractivity contribution in [2.45, 2.75) is 51.4 Å². The molecule has 0 unspecified atom stereocenters. The molecule has 0 saturated carbocycles. The predicted octanol–water partition coefficient (Wildman–Crippen LogP) is 3.68. The highest BCUT2D eigenvalue weighted by Gasteiger charge is 2.44. The monoisotopic (exact) mass is 748 g/mol. The number of carbonyl (C=O) groups is 2. The van der Waals surface area contributed by atoms with Crippen molar-refractivity contribution in [3.8, 4) is 17.2 Å². The number of ether oxygens (including phenoxy) is 3. The molecule has 2 amide bonds. The predicted molar refractivity (Wildman–Crippen MR) is 198 cm³/mol. The number of halogens is 1. The average Bonchev–Trinajstić information content (AvgIpc) is 3.14. The summed E-state index contributed by atoms with van der Waals surface area (Å²) >= 11 is 0. The fourth-order valence-electron chi connectivity index (χ4n) is 6.13. The second-order valence-corrected chi connectivity index (χ2v) is 15.4. The Kier molecular flexibility index (Phi) is 17.2. The van der Waals surface area contributed by atoms with Gasteiger partial charge in [-0.15, -0.1) is 0 Å². The highest BCUT2D eigenvalue weighted by atomic mass is 79.9. The molecule has 0 spiro atoms. The number of unbranched alkanes of at least 4 members (excludes halogenated alkanes) is 5. The SMILES string of the molecule is COc1cc(C(=O)NCCCCCCNC(=O)CCCCC[P+](c2ccccc2)(c2ccccc2)c2ccccc2)cc(OC)c1OC.[Br-]. The lowest BCUT2D eigenvalue weighted by molar-refractivity contribution is -0.121. The van der Waals surface area contributed by atoms with Gasteiger partial charge >= 0.3 is 0 Å². The Morgan fingerprint density at radius 2 is 1.02 bits per heavy atom. The summed E-state index contributed by atoms with van der Waals surface area (Å²) < 4.78 is 16.0. The highest BCUT2D eigenvalue weighted by molar-refractivity contribution is 7.95. The molecule has 4 aromatic rings. The van der Waals surface area contributed by atoms with Gasteiger partial charge in [-0.2, -0.15) is 0 Å². The number of rotatable bonds is 20. The van der Waals surface area contributed by atoms with Gasteiger partial charge in [-0.25, -0.2) is 0 Å². The van der Waals surface area contributed by atoms with Crippen molar-refractivity contribution < 1.29 is 40.8 Å². The first-order chi connectivity index (χ1) is 23.5. The van der Waals surface area contributed by atoms with Gasteiger partial charge in [0.15, 0.2) is 11.5 Å². The molecule has 4 aromatic carbocycles. The van der Waals surface area contributed by atoms with Gasteiger partial charge in [0.1, 0.15) is 23.2 Å². The number of carbonyl (C=O) groups excluding carboxylic acids is 2. The lowest BCUT2D eigenvalue weighted by Gasteiger charge is -2.27. The third kappa shape index (κ3) is 11.1. The van der Waals surface area contributed by atoms with Gasteiger partial charge in [0.2, 0.25) is 11.7 Å². The van der Waals surface area contributed by atoms with Crippen molar-refractivity contribution in [2.24, 2.45) is 0 Å². The zero-order valence-electron chi connectivity index (χ0n) is 29.0. The zero-order valence-corrected chi connectivity index (χ0v) is 31.4. The average molecular weight is 750 g/mol. The van der Waals surface area contributed by atoms with Gasteiger partial charge < -0.3 is 41.8 Å². The second-order valence-electron chi connectivity index (χ2n) is 11.8. The van der Waals surface area contributed by atoms with E-state index in [-0.39, 0.29) is 28.8 Å². The Labute approximate surface area is 303 Å². The Morgan fingerprint density at radius 3 is 1.47 bits per heavy atom. The molecule has 0 heterocycles. The van der Waals surface area contributed by atoms with Crippen molar-refractivity contribution >= 4 is 35.0 Å². The molecular formula is C40H50BrN2O5P. The maximum atomic E-state index is 12.7. The zero-order chi connectivity index (χ0) is 34.0. The molecule has 0 radical (unpaired) electrons. The van der Waals surface area contributed by atoms with Crippen LogP contribution in [0.2, 0.25) is 0 Å².